The lowest BCUT2D eigenvalue weighted by molar-refractivity contribution is -0.113. The number of amides is 1. The summed E-state index contributed by atoms with van der Waals surface area (Å²) < 4.78 is 19.2. The lowest BCUT2D eigenvalue weighted by atomic mass is 10.1. The van der Waals surface area contributed by atoms with E-state index in [4.69, 9.17) is 4.74 Å². The maximum absolute atomic E-state index is 13.6. The molecule has 0 bridgehead atoms. The minimum Gasteiger partial charge on any atom is -0.457 e. The Morgan fingerprint density at radius 2 is 1.92 bits per heavy atom. The van der Waals surface area contributed by atoms with E-state index in [-0.39, 0.29) is 17.1 Å². The highest BCUT2D eigenvalue weighted by molar-refractivity contribution is 6.00. The van der Waals surface area contributed by atoms with Crippen LogP contribution in [-0.4, -0.2) is 11.7 Å². The maximum atomic E-state index is 13.6. The Morgan fingerprint density at radius 3 is 2.67 bits per heavy atom. The highest BCUT2D eigenvalue weighted by Crippen LogP contribution is 2.26. The number of para-hydroxylation sites is 1. The molecule has 2 aromatic rings. The highest BCUT2D eigenvalue weighted by Gasteiger charge is 2.16. The summed E-state index contributed by atoms with van der Waals surface area (Å²) in [4.78, 5) is 23.8. The van der Waals surface area contributed by atoms with Gasteiger partial charge in [-0.2, -0.15) is 0 Å². The van der Waals surface area contributed by atoms with Crippen molar-refractivity contribution in [2.75, 3.05) is 0 Å². The standard InChI is InChI=1S/C19H14FNO3/c20-13-9-10-18(24-16-7-2-1-3-8-16)17(11-13)19(23)21-14-5-4-6-15(22)12-14/h1-5,7-12H,6H2,(H,21,23). The van der Waals surface area contributed by atoms with Gasteiger partial charge in [-0.15, -0.1) is 0 Å². The van der Waals surface area contributed by atoms with Crippen molar-refractivity contribution in [3.63, 3.8) is 0 Å². The number of hydrogen-bond acceptors (Lipinski definition) is 3. The Labute approximate surface area is 138 Å². The van der Waals surface area contributed by atoms with Crippen LogP contribution in [0.2, 0.25) is 0 Å². The van der Waals surface area contributed by atoms with Gasteiger partial charge in [0, 0.05) is 18.2 Å². The van der Waals surface area contributed by atoms with E-state index < -0.39 is 11.7 Å². The van der Waals surface area contributed by atoms with E-state index >= 15 is 0 Å². The van der Waals surface area contributed by atoms with Crippen molar-refractivity contribution in [2.45, 2.75) is 6.42 Å². The van der Waals surface area contributed by atoms with Crippen LogP contribution < -0.4 is 10.1 Å². The summed E-state index contributed by atoms with van der Waals surface area (Å²) in [6.07, 6.45) is 4.94. The first kappa shape index (κ1) is 15.7. The summed E-state index contributed by atoms with van der Waals surface area (Å²) in [5.41, 5.74) is 0.414. The number of hydrogen-bond donors (Lipinski definition) is 1. The Morgan fingerprint density at radius 1 is 1.12 bits per heavy atom. The van der Waals surface area contributed by atoms with Gasteiger partial charge in [-0.05, 0) is 36.4 Å². The van der Waals surface area contributed by atoms with Crippen LogP contribution in [0.25, 0.3) is 0 Å². The molecule has 0 saturated heterocycles. The molecule has 1 amide bonds. The fraction of sp³-hybridized carbons (Fsp3) is 0.0526. The second kappa shape index (κ2) is 6.91. The van der Waals surface area contributed by atoms with Crippen LogP contribution >= 0.6 is 0 Å². The van der Waals surface area contributed by atoms with Gasteiger partial charge in [0.05, 0.1) is 5.56 Å². The fourth-order valence-corrected chi connectivity index (χ4v) is 2.24. The Balaban J connectivity index is 1.86. The van der Waals surface area contributed by atoms with Crippen LogP contribution in [-0.2, 0) is 4.79 Å². The van der Waals surface area contributed by atoms with Crippen molar-refractivity contribution in [3.8, 4) is 11.5 Å². The zero-order valence-corrected chi connectivity index (χ0v) is 12.7. The minimum absolute atomic E-state index is 0.0474. The number of benzene rings is 2. The molecule has 0 unspecified atom stereocenters. The van der Waals surface area contributed by atoms with Gasteiger partial charge in [0.2, 0.25) is 0 Å². The molecule has 0 atom stereocenters. The molecule has 1 N–H and O–H groups in total. The van der Waals surface area contributed by atoms with Gasteiger partial charge >= 0.3 is 0 Å². The summed E-state index contributed by atoms with van der Waals surface area (Å²) >= 11 is 0. The third-order valence-electron chi connectivity index (χ3n) is 3.35. The maximum Gasteiger partial charge on any atom is 0.259 e. The van der Waals surface area contributed by atoms with Crippen molar-refractivity contribution in [2.24, 2.45) is 0 Å². The van der Waals surface area contributed by atoms with Gasteiger partial charge in [0.25, 0.3) is 5.91 Å². The number of halogens is 1. The molecule has 3 rings (SSSR count). The molecule has 4 nitrogen and oxygen atoms in total. The molecule has 0 aromatic heterocycles. The summed E-state index contributed by atoms with van der Waals surface area (Å²) in [5.74, 6) is -0.444. The summed E-state index contributed by atoms with van der Waals surface area (Å²) in [5, 5.41) is 2.59. The predicted octanol–water partition coefficient (Wildman–Crippen LogP) is 3.76. The molecule has 0 fully saturated rings. The molecule has 24 heavy (non-hydrogen) atoms. The molecule has 0 spiro atoms. The van der Waals surface area contributed by atoms with Gasteiger partial charge in [0.1, 0.15) is 17.3 Å². The number of carbonyl (C=O) groups is 2. The number of ketones is 1. The van der Waals surface area contributed by atoms with Crippen LogP contribution in [0, 0.1) is 5.82 Å². The van der Waals surface area contributed by atoms with Gasteiger partial charge in [0.15, 0.2) is 5.78 Å². The molecular formula is C19H14FNO3. The molecular weight excluding hydrogens is 309 g/mol. The topological polar surface area (TPSA) is 55.4 Å². The average molecular weight is 323 g/mol. The van der Waals surface area contributed by atoms with Crippen molar-refractivity contribution in [3.05, 3.63) is 83.8 Å². The number of carbonyl (C=O) groups excluding carboxylic acids is 2. The minimum atomic E-state index is -0.551. The van der Waals surface area contributed by atoms with Crippen LogP contribution in [0.1, 0.15) is 16.8 Å². The van der Waals surface area contributed by atoms with Crippen LogP contribution in [0.15, 0.2) is 72.5 Å². The number of rotatable bonds is 4. The zero-order chi connectivity index (χ0) is 16.9. The third-order valence-corrected chi connectivity index (χ3v) is 3.35. The number of allylic oxidation sites excluding steroid dienone is 3. The lowest BCUT2D eigenvalue weighted by Crippen LogP contribution is -2.24. The van der Waals surface area contributed by atoms with Crippen LogP contribution in [0.5, 0.6) is 11.5 Å². The van der Waals surface area contributed by atoms with Gasteiger partial charge < -0.3 is 10.1 Å². The Kier molecular flexibility index (Phi) is 4.52. The molecule has 2 aromatic carbocycles. The number of nitrogens with one attached hydrogen (secondary N) is 1. The predicted molar refractivity (Wildman–Crippen MR) is 87.2 cm³/mol. The largest absolute Gasteiger partial charge is 0.457 e. The second-order valence-corrected chi connectivity index (χ2v) is 5.18. The van der Waals surface area contributed by atoms with Crippen molar-refractivity contribution < 1.29 is 18.7 Å². The molecule has 0 aliphatic heterocycles. The van der Waals surface area contributed by atoms with Crippen molar-refractivity contribution >= 4 is 11.7 Å². The fourth-order valence-electron chi connectivity index (χ4n) is 2.24. The SMILES string of the molecule is O=C1C=C(NC(=O)c2cc(F)ccc2Oc2ccccc2)C=CC1. The second-order valence-electron chi connectivity index (χ2n) is 5.18. The first-order chi connectivity index (χ1) is 11.6. The highest BCUT2D eigenvalue weighted by atomic mass is 19.1. The summed E-state index contributed by atoms with van der Waals surface area (Å²) in [6.45, 7) is 0. The molecule has 1 aliphatic carbocycles. The Bertz CT molecular complexity index is 841. The van der Waals surface area contributed by atoms with Crippen LogP contribution in [0.3, 0.4) is 0 Å². The summed E-state index contributed by atoms with van der Waals surface area (Å²) in [6, 6.07) is 12.6. The van der Waals surface area contributed by atoms with E-state index in [2.05, 4.69) is 5.32 Å². The smallest absolute Gasteiger partial charge is 0.259 e. The van der Waals surface area contributed by atoms with Crippen molar-refractivity contribution in [1.82, 2.24) is 5.32 Å². The van der Waals surface area contributed by atoms with E-state index in [1.54, 1.807) is 36.4 Å². The number of ether oxygens (including phenoxy) is 1. The monoisotopic (exact) mass is 323 g/mol. The van der Waals surface area contributed by atoms with E-state index in [9.17, 15) is 14.0 Å². The third kappa shape index (κ3) is 3.76. The van der Waals surface area contributed by atoms with Crippen LogP contribution in [0.4, 0.5) is 4.39 Å². The lowest BCUT2D eigenvalue weighted by Gasteiger charge is -2.13. The average Bonchev–Trinajstić information content (AvgIpc) is 2.57. The normalized spacial score (nSPS) is 13.4. The van der Waals surface area contributed by atoms with E-state index in [0.717, 1.165) is 6.07 Å². The first-order valence-corrected chi connectivity index (χ1v) is 7.37. The van der Waals surface area contributed by atoms with E-state index in [1.165, 1.54) is 18.2 Å². The molecule has 0 heterocycles. The Hall–Kier alpha value is -3.21. The van der Waals surface area contributed by atoms with Gasteiger partial charge in [-0.1, -0.05) is 24.3 Å². The summed E-state index contributed by atoms with van der Waals surface area (Å²) in [7, 11) is 0. The molecule has 120 valence electrons. The molecule has 0 saturated carbocycles. The van der Waals surface area contributed by atoms with Gasteiger partial charge in [-0.3, -0.25) is 9.59 Å². The zero-order valence-electron chi connectivity index (χ0n) is 12.7. The quantitative estimate of drug-likeness (QED) is 0.932. The van der Waals surface area contributed by atoms with E-state index in [0.29, 0.717) is 17.9 Å². The molecule has 5 heteroatoms. The van der Waals surface area contributed by atoms with E-state index in [1.807, 2.05) is 6.07 Å². The van der Waals surface area contributed by atoms with Gasteiger partial charge in [-0.25, -0.2) is 4.39 Å². The van der Waals surface area contributed by atoms with Crippen molar-refractivity contribution in [1.29, 1.82) is 0 Å². The molecule has 0 radical (unpaired) electrons. The molecule has 1 aliphatic rings. The first-order valence-electron chi connectivity index (χ1n) is 7.37.